The average molecular weight is 366 g/mol. The van der Waals surface area contributed by atoms with E-state index < -0.39 is 0 Å². The smallest absolute Gasteiger partial charge is 0.0482 e. The van der Waals surface area contributed by atoms with E-state index in [-0.39, 0.29) is 12.0 Å². The fraction of sp³-hybridized carbons (Fsp3) is 0.864. The van der Waals surface area contributed by atoms with Crippen LogP contribution < -0.4 is 0 Å². The van der Waals surface area contributed by atoms with Crippen molar-refractivity contribution in [1.82, 2.24) is 9.80 Å². The predicted octanol–water partition coefficient (Wildman–Crippen LogP) is 3.71. The molecule has 0 atom stereocenters. The molecule has 0 heterocycles. The lowest BCUT2D eigenvalue weighted by Gasteiger charge is -2.34. The second-order valence-corrected chi connectivity index (χ2v) is 9.21. The molecule has 0 aromatic heterocycles. The van der Waals surface area contributed by atoms with Crippen molar-refractivity contribution in [1.29, 1.82) is 0 Å². The largest absolute Gasteiger partial charge is 0.396 e. The SMILES string of the molecule is C/C=C(/CN(C)CCN(C)C)C(=NC)C1CCC(CC(C)(C)CO)CC1. The van der Waals surface area contributed by atoms with E-state index in [0.29, 0.717) is 5.92 Å². The van der Waals surface area contributed by atoms with Crippen LogP contribution >= 0.6 is 0 Å². The maximum Gasteiger partial charge on any atom is 0.0482 e. The first-order valence-electron chi connectivity index (χ1n) is 10.3. The monoisotopic (exact) mass is 365 g/mol. The van der Waals surface area contributed by atoms with Gasteiger partial charge < -0.3 is 14.9 Å². The Balaban J connectivity index is 2.60. The molecule has 0 radical (unpaired) electrons. The third-order valence-electron chi connectivity index (χ3n) is 5.79. The van der Waals surface area contributed by atoms with Gasteiger partial charge in [0.1, 0.15) is 0 Å². The number of allylic oxidation sites excluding steroid dienone is 1. The topological polar surface area (TPSA) is 39.1 Å². The summed E-state index contributed by atoms with van der Waals surface area (Å²) in [5.74, 6) is 1.35. The van der Waals surface area contributed by atoms with E-state index in [1.165, 1.54) is 37.0 Å². The number of likely N-dealkylation sites (N-methyl/N-ethyl adjacent to an activating group) is 2. The quantitative estimate of drug-likeness (QED) is 0.600. The number of aliphatic hydroxyl groups excluding tert-OH is 1. The molecule has 0 aliphatic heterocycles. The van der Waals surface area contributed by atoms with Crippen molar-refractivity contribution in [2.24, 2.45) is 22.2 Å². The molecule has 0 saturated heterocycles. The van der Waals surface area contributed by atoms with Gasteiger partial charge in [-0.15, -0.1) is 0 Å². The third kappa shape index (κ3) is 7.89. The minimum Gasteiger partial charge on any atom is -0.396 e. The highest BCUT2D eigenvalue weighted by atomic mass is 16.3. The van der Waals surface area contributed by atoms with Crippen molar-refractivity contribution >= 4 is 5.71 Å². The molecule has 4 nitrogen and oxygen atoms in total. The van der Waals surface area contributed by atoms with Crippen molar-refractivity contribution in [3.05, 3.63) is 11.6 Å². The van der Waals surface area contributed by atoms with E-state index >= 15 is 0 Å². The Morgan fingerprint density at radius 2 is 1.73 bits per heavy atom. The molecule has 1 saturated carbocycles. The highest BCUT2D eigenvalue weighted by Crippen LogP contribution is 2.37. The molecular weight excluding hydrogens is 322 g/mol. The van der Waals surface area contributed by atoms with Crippen LogP contribution in [0.15, 0.2) is 16.6 Å². The maximum atomic E-state index is 9.54. The van der Waals surface area contributed by atoms with Gasteiger partial charge in [-0.2, -0.15) is 0 Å². The molecule has 4 heteroatoms. The van der Waals surface area contributed by atoms with Gasteiger partial charge in [0.05, 0.1) is 0 Å². The molecule has 152 valence electrons. The van der Waals surface area contributed by atoms with Gasteiger partial charge in [-0.3, -0.25) is 4.99 Å². The number of nitrogens with zero attached hydrogens (tertiary/aromatic N) is 3. The molecule has 1 rings (SSSR count). The molecule has 1 aliphatic carbocycles. The fourth-order valence-electron chi connectivity index (χ4n) is 4.14. The Morgan fingerprint density at radius 1 is 1.12 bits per heavy atom. The van der Waals surface area contributed by atoms with Gasteiger partial charge in [-0.1, -0.05) is 19.9 Å². The van der Waals surface area contributed by atoms with E-state index in [9.17, 15) is 5.11 Å². The summed E-state index contributed by atoms with van der Waals surface area (Å²) in [5.41, 5.74) is 2.78. The molecule has 0 aromatic rings. The number of rotatable bonds is 10. The predicted molar refractivity (Wildman–Crippen MR) is 114 cm³/mol. The molecule has 0 unspecified atom stereocenters. The van der Waals surface area contributed by atoms with Crippen LogP contribution in [0.25, 0.3) is 0 Å². The van der Waals surface area contributed by atoms with Crippen molar-refractivity contribution in [3.8, 4) is 0 Å². The van der Waals surface area contributed by atoms with E-state index in [0.717, 1.165) is 32.0 Å². The molecule has 1 fully saturated rings. The Bertz CT molecular complexity index is 460. The molecule has 0 aromatic carbocycles. The van der Waals surface area contributed by atoms with Gasteiger partial charge in [0.25, 0.3) is 0 Å². The van der Waals surface area contributed by atoms with Gasteiger partial charge in [0, 0.05) is 44.9 Å². The van der Waals surface area contributed by atoms with E-state index in [1.54, 1.807) is 0 Å². The van der Waals surface area contributed by atoms with Gasteiger partial charge in [0.2, 0.25) is 0 Å². The number of hydrogen-bond donors (Lipinski definition) is 1. The van der Waals surface area contributed by atoms with Crippen LogP contribution in [-0.4, -0.2) is 75.0 Å². The van der Waals surface area contributed by atoms with Crippen LogP contribution in [0.4, 0.5) is 0 Å². The van der Waals surface area contributed by atoms with Crippen LogP contribution in [0.3, 0.4) is 0 Å². The minimum atomic E-state index is 0.0583. The average Bonchev–Trinajstić information content (AvgIpc) is 2.60. The van der Waals surface area contributed by atoms with E-state index in [2.05, 4.69) is 57.8 Å². The number of hydrogen-bond acceptors (Lipinski definition) is 4. The molecule has 0 amide bonds. The second-order valence-electron chi connectivity index (χ2n) is 9.21. The Kier molecular flexibility index (Phi) is 10.1. The normalized spacial score (nSPS) is 23.2. The summed E-state index contributed by atoms with van der Waals surface area (Å²) in [6.45, 7) is 9.93. The fourth-order valence-corrected chi connectivity index (χ4v) is 4.14. The summed E-state index contributed by atoms with van der Waals surface area (Å²) in [4.78, 5) is 9.35. The lowest BCUT2D eigenvalue weighted by atomic mass is 9.72. The van der Waals surface area contributed by atoms with Crippen LogP contribution in [0.5, 0.6) is 0 Å². The molecule has 26 heavy (non-hydrogen) atoms. The first-order valence-corrected chi connectivity index (χ1v) is 10.3. The van der Waals surface area contributed by atoms with Gasteiger partial charge in [0.15, 0.2) is 0 Å². The maximum absolute atomic E-state index is 9.54. The Morgan fingerprint density at radius 3 is 2.19 bits per heavy atom. The zero-order valence-electron chi connectivity index (χ0n) is 18.4. The molecule has 1 aliphatic rings. The molecule has 0 spiro atoms. The summed E-state index contributed by atoms with van der Waals surface area (Å²) in [6, 6.07) is 0. The Labute approximate surface area is 162 Å². The van der Waals surface area contributed by atoms with Gasteiger partial charge in [-0.25, -0.2) is 0 Å². The van der Waals surface area contributed by atoms with Crippen molar-refractivity contribution in [2.45, 2.75) is 52.9 Å². The number of aliphatic imine (C=N–C) groups is 1. The van der Waals surface area contributed by atoms with Crippen molar-refractivity contribution in [3.63, 3.8) is 0 Å². The minimum absolute atomic E-state index is 0.0583. The zero-order chi connectivity index (χ0) is 19.7. The summed E-state index contributed by atoms with van der Waals surface area (Å²) < 4.78 is 0. The van der Waals surface area contributed by atoms with Crippen LogP contribution in [0.2, 0.25) is 0 Å². The summed E-state index contributed by atoms with van der Waals surface area (Å²) in [5, 5.41) is 9.54. The van der Waals surface area contributed by atoms with Crippen molar-refractivity contribution in [2.75, 3.05) is 54.4 Å². The van der Waals surface area contributed by atoms with Crippen LogP contribution in [0.1, 0.15) is 52.9 Å². The zero-order valence-corrected chi connectivity index (χ0v) is 18.4. The summed E-state index contributed by atoms with van der Waals surface area (Å²) >= 11 is 0. The first-order chi connectivity index (χ1) is 12.2. The summed E-state index contributed by atoms with van der Waals surface area (Å²) in [7, 11) is 8.41. The highest BCUT2D eigenvalue weighted by molar-refractivity contribution is 6.02. The Hall–Kier alpha value is -0.710. The molecule has 0 bridgehead atoms. The second kappa shape index (κ2) is 11.2. The first kappa shape index (κ1) is 23.3. The van der Waals surface area contributed by atoms with E-state index in [4.69, 9.17) is 4.99 Å². The lowest BCUT2D eigenvalue weighted by Crippen LogP contribution is -2.33. The number of aliphatic hydroxyl groups is 1. The standard InChI is InChI=1S/C22H43N3O/c1-8-19(16-25(7)14-13-24(5)6)21(23-4)20-11-9-18(10-12-20)15-22(2,3)17-26/h8,18,20,26H,9-17H2,1-7H3/b19-8-,23-21?. The van der Waals surface area contributed by atoms with Gasteiger partial charge in [-0.05, 0) is 77.1 Å². The van der Waals surface area contributed by atoms with Crippen LogP contribution in [-0.2, 0) is 0 Å². The molecular formula is C22H43N3O. The lowest BCUT2D eigenvalue weighted by molar-refractivity contribution is 0.116. The highest BCUT2D eigenvalue weighted by Gasteiger charge is 2.29. The van der Waals surface area contributed by atoms with Crippen molar-refractivity contribution < 1.29 is 5.11 Å². The third-order valence-corrected chi connectivity index (χ3v) is 5.79. The summed E-state index contributed by atoms with van der Waals surface area (Å²) in [6.07, 6.45) is 8.39. The van der Waals surface area contributed by atoms with E-state index in [1.807, 2.05) is 7.05 Å². The van der Waals surface area contributed by atoms with Crippen LogP contribution in [0, 0.1) is 17.3 Å². The molecule has 1 N–H and O–H groups in total. The van der Waals surface area contributed by atoms with Gasteiger partial charge >= 0.3 is 0 Å².